The summed E-state index contributed by atoms with van der Waals surface area (Å²) in [5.74, 6) is 0.303. The van der Waals surface area contributed by atoms with Gasteiger partial charge in [0.05, 0.1) is 16.9 Å². The van der Waals surface area contributed by atoms with Crippen molar-refractivity contribution >= 4 is 75.1 Å². The second-order valence-electron chi connectivity index (χ2n) is 8.95. The Morgan fingerprint density at radius 2 is 1.62 bits per heavy atom. The topological polar surface area (TPSA) is 82.5 Å². The van der Waals surface area contributed by atoms with Crippen LogP contribution in [0.3, 0.4) is 0 Å². The van der Waals surface area contributed by atoms with Crippen LogP contribution in [0, 0.1) is 0 Å². The molecule has 0 unspecified atom stereocenters. The molecule has 2 aromatic carbocycles. The van der Waals surface area contributed by atoms with Gasteiger partial charge in [0.2, 0.25) is 5.91 Å². The minimum Gasteiger partial charge on any atom is -0.497 e. The Balaban J connectivity index is 1.11. The van der Waals surface area contributed by atoms with Crippen molar-refractivity contribution in [3.05, 3.63) is 75.5 Å². The third-order valence-electron chi connectivity index (χ3n) is 6.45. The lowest BCUT2D eigenvalue weighted by Crippen LogP contribution is -2.50. The van der Waals surface area contributed by atoms with Crippen molar-refractivity contribution in [3.8, 4) is 5.75 Å². The van der Waals surface area contributed by atoms with E-state index < -0.39 is 0 Å². The normalized spacial score (nSPS) is 19.9. The van der Waals surface area contributed by atoms with Crippen LogP contribution in [0.5, 0.6) is 5.75 Å². The standard InChI is InChI=1S/C28H26N4O4S3/c1-36-21-9-7-20(8-10-21)18-23-26(35)32(28(37)39-23)12-11-24(33)30-13-15-31(16-14-30)27-29-25(34)22(38-27)17-19-5-3-2-4-6-19/h2-10,17-18H,11-16H2,1H3. The maximum atomic E-state index is 12.9. The molecule has 3 aliphatic rings. The number of thiocarbonyl (C=S) groups is 1. The molecule has 3 amide bonds. The molecule has 8 nitrogen and oxygen atoms in total. The van der Waals surface area contributed by atoms with Gasteiger partial charge in [-0.1, -0.05) is 66.4 Å². The van der Waals surface area contributed by atoms with Crippen LogP contribution < -0.4 is 4.74 Å². The minimum absolute atomic E-state index is 0.0235. The van der Waals surface area contributed by atoms with Gasteiger partial charge in [-0.15, -0.1) is 0 Å². The Morgan fingerprint density at radius 1 is 0.949 bits per heavy atom. The number of carbonyl (C=O) groups is 3. The third kappa shape index (κ3) is 6.43. The number of amidine groups is 1. The summed E-state index contributed by atoms with van der Waals surface area (Å²) in [6.45, 7) is 2.48. The van der Waals surface area contributed by atoms with Crippen LogP contribution in [0.1, 0.15) is 17.5 Å². The molecule has 0 spiro atoms. The number of nitrogens with zero attached hydrogens (tertiary/aromatic N) is 4. The Hall–Kier alpha value is -3.41. The number of thioether (sulfide) groups is 2. The Kier molecular flexibility index (Phi) is 8.49. The smallest absolute Gasteiger partial charge is 0.286 e. The van der Waals surface area contributed by atoms with Gasteiger partial charge < -0.3 is 14.5 Å². The highest BCUT2D eigenvalue weighted by Crippen LogP contribution is 2.33. The van der Waals surface area contributed by atoms with E-state index in [9.17, 15) is 14.4 Å². The number of carbonyl (C=O) groups excluding carboxylic acids is 3. The summed E-state index contributed by atoms with van der Waals surface area (Å²) in [5.41, 5.74) is 1.83. The zero-order valence-electron chi connectivity index (χ0n) is 21.2. The first-order valence-electron chi connectivity index (χ1n) is 12.4. The predicted molar refractivity (Wildman–Crippen MR) is 160 cm³/mol. The van der Waals surface area contributed by atoms with E-state index in [1.165, 1.54) is 28.4 Å². The monoisotopic (exact) mass is 578 g/mol. The predicted octanol–water partition coefficient (Wildman–Crippen LogP) is 4.10. The zero-order chi connectivity index (χ0) is 27.4. The summed E-state index contributed by atoms with van der Waals surface area (Å²) in [5, 5.41) is 0.676. The van der Waals surface area contributed by atoms with E-state index >= 15 is 0 Å². The number of aliphatic imine (C=N–C) groups is 1. The average molecular weight is 579 g/mol. The molecule has 5 rings (SSSR count). The zero-order valence-corrected chi connectivity index (χ0v) is 23.7. The van der Waals surface area contributed by atoms with E-state index in [0.717, 1.165) is 16.9 Å². The summed E-state index contributed by atoms with van der Waals surface area (Å²) >= 11 is 8.04. The lowest BCUT2D eigenvalue weighted by atomic mass is 10.2. The summed E-state index contributed by atoms with van der Waals surface area (Å²) in [6, 6.07) is 17.1. The van der Waals surface area contributed by atoms with Crippen LogP contribution in [-0.2, 0) is 14.4 Å². The SMILES string of the molecule is COc1ccc(C=C2SC(=S)N(CCC(=O)N3CCN(C4=NC(=O)C(=Cc5ccccc5)S4)CC3)C2=O)cc1. The second kappa shape index (κ2) is 12.2. The molecule has 0 saturated carbocycles. The Morgan fingerprint density at radius 3 is 2.31 bits per heavy atom. The van der Waals surface area contributed by atoms with Gasteiger partial charge in [-0.3, -0.25) is 19.3 Å². The van der Waals surface area contributed by atoms with Gasteiger partial charge in [-0.05, 0) is 47.2 Å². The largest absolute Gasteiger partial charge is 0.497 e. The van der Waals surface area contributed by atoms with Crippen LogP contribution in [0.4, 0.5) is 0 Å². The van der Waals surface area contributed by atoms with Crippen LogP contribution in [-0.4, -0.2) is 81.7 Å². The fourth-order valence-corrected chi connectivity index (χ4v) is 6.56. The molecular weight excluding hydrogens is 553 g/mol. The highest BCUT2D eigenvalue weighted by Gasteiger charge is 2.33. The number of hydrogen-bond donors (Lipinski definition) is 0. The molecule has 2 aromatic rings. The van der Waals surface area contributed by atoms with Crippen molar-refractivity contribution in [1.82, 2.24) is 14.7 Å². The van der Waals surface area contributed by atoms with Gasteiger partial charge in [0.15, 0.2) is 5.17 Å². The van der Waals surface area contributed by atoms with Gasteiger partial charge in [0.25, 0.3) is 11.8 Å². The first-order chi connectivity index (χ1) is 18.9. The fraction of sp³-hybridized carbons (Fsp3) is 0.250. The van der Waals surface area contributed by atoms with Crippen molar-refractivity contribution in [2.24, 2.45) is 4.99 Å². The van der Waals surface area contributed by atoms with E-state index in [1.54, 1.807) is 18.1 Å². The molecule has 2 saturated heterocycles. The van der Waals surface area contributed by atoms with E-state index in [-0.39, 0.29) is 30.7 Å². The van der Waals surface area contributed by atoms with Crippen molar-refractivity contribution in [1.29, 1.82) is 0 Å². The molecule has 2 fully saturated rings. The van der Waals surface area contributed by atoms with Gasteiger partial charge in [-0.25, -0.2) is 0 Å². The molecule has 200 valence electrons. The molecule has 0 aromatic heterocycles. The Bertz CT molecular complexity index is 1380. The molecule has 0 N–H and O–H groups in total. The van der Waals surface area contributed by atoms with Crippen LogP contribution in [0.15, 0.2) is 69.4 Å². The number of methoxy groups -OCH3 is 1. The molecule has 0 aliphatic carbocycles. The van der Waals surface area contributed by atoms with E-state index in [2.05, 4.69) is 4.99 Å². The number of hydrogen-bond acceptors (Lipinski definition) is 8. The number of amides is 3. The number of benzene rings is 2. The molecule has 0 radical (unpaired) electrons. The lowest BCUT2D eigenvalue weighted by Gasteiger charge is -2.35. The van der Waals surface area contributed by atoms with Crippen LogP contribution in [0.2, 0.25) is 0 Å². The number of rotatable bonds is 6. The number of ether oxygens (including phenoxy) is 1. The van der Waals surface area contributed by atoms with Crippen LogP contribution >= 0.6 is 35.7 Å². The lowest BCUT2D eigenvalue weighted by molar-refractivity contribution is -0.133. The molecule has 3 heterocycles. The number of piperazine rings is 1. The van der Waals surface area contributed by atoms with Crippen molar-refractivity contribution < 1.29 is 19.1 Å². The maximum absolute atomic E-state index is 12.9. The first kappa shape index (κ1) is 27.2. The second-order valence-corrected chi connectivity index (χ2v) is 11.6. The van der Waals surface area contributed by atoms with Gasteiger partial charge in [0, 0.05) is 39.1 Å². The summed E-state index contributed by atoms with van der Waals surface area (Å²) in [7, 11) is 1.60. The minimum atomic E-state index is -0.234. The van der Waals surface area contributed by atoms with Gasteiger partial charge in [0.1, 0.15) is 10.1 Å². The summed E-state index contributed by atoms with van der Waals surface area (Å²) < 4.78 is 5.63. The third-order valence-corrected chi connectivity index (χ3v) is 8.87. The van der Waals surface area contributed by atoms with Gasteiger partial charge >= 0.3 is 0 Å². The van der Waals surface area contributed by atoms with Crippen molar-refractivity contribution in [2.75, 3.05) is 39.8 Å². The molecular formula is C28H26N4O4S3. The molecule has 39 heavy (non-hydrogen) atoms. The first-order valence-corrected chi connectivity index (χ1v) is 14.4. The Labute approximate surface area is 240 Å². The maximum Gasteiger partial charge on any atom is 0.286 e. The molecule has 0 bridgehead atoms. The molecule has 11 heteroatoms. The summed E-state index contributed by atoms with van der Waals surface area (Å²) in [6.07, 6.45) is 3.85. The van der Waals surface area contributed by atoms with E-state index in [1.807, 2.05) is 65.6 Å². The van der Waals surface area contributed by atoms with Gasteiger partial charge in [-0.2, -0.15) is 4.99 Å². The average Bonchev–Trinajstić information content (AvgIpc) is 3.45. The highest BCUT2D eigenvalue weighted by molar-refractivity contribution is 8.26. The molecule has 3 aliphatic heterocycles. The highest BCUT2D eigenvalue weighted by atomic mass is 32.2. The van der Waals surface area contributed by atoms with Crippen LogP contribution in [0.25, 0.3) is 12.2 Å². The van der Waals surface area contributed by atoms with E-state index in [0.29, 0.717) is 45.5 Å². The molecule has 0 atom stereocenters. The summed E-state index contributed by atoms with van der Waals surface area (Å²) in [4.78, 5) is 49.0. The van der Waals surface area contributed by atoms with Crippen molar-refractivity contribution in [2.45, 2.75) is 6.42 Å². The quantitative estimate of drug-likeness (QED) is 0.375. The fourth-order valence-electron chi connectivity index (χ4n) is 4.29. The van der Waals surface area contributed by atoms with Crippen molar-refractivity contribution in [3.63, 3.8) is 0 Å². The van der Waals surface area contributed by atoms with E-state index in [4.69, 9.17) is 17.0 Å².